The average molecular weight is 391 g/mol. The molecule has 0 amide bonds. The number of nitro groups is 1. The number of alkyl halides is 3. The standard InChI is InChI=1S/C18H16F3N5O2/c19-18(20,21)17-6-9-25(23-17)12-2-1-8-24(11-12)15-3-4-16(26(27)28)14-10-22-7-5-13(14)15/h3-7,9-10,12H,1-2,8,11H2. The Labute approximate surface area is 157 Å². The van der Waals surface area contributed by atoms with Gasteiger partial charge < -0.3 is 4.90 Å². The summed E-state index contributed by atoms with van der Waals surface area (Å²) in [6, 6.07) is 5.62. The van der Waals surface area contributed by atoms with Crippen molar-refractivity contribution in [2.75, 3.05) is 18.0 Å². The van der Waals surface area contributed by atoms with Crippen LogP contribution in [-0.2, 0) is 6.18 Å². The zero-order valence-electron chi connectivity index (χ0n) is 14.6. The minimum Gasteiger partial charge on any atom is -0.369 e. The molecule has 0 saturated carbocycles. The molecular weight excluding hydrogens is 375 g/mol. The first-order valence-electron chi connectivity index (χ1n) is 8.73. The zero-order valence-corrected chi connectivity index (χ0v) is 14.6. The number of piperidine rings is 1. The van der Waals surface area contributed by atoms with Gasteiger partial charge in [-0.15, -0.1) is 0 Å². The van der Waals surface area contributed by atoms with Gasteiger partial charge in [-0.2, -0.15) is 18.3 Å². The molecule has 7 nitrogen and oxygen atoms in total. The Balaban J connectivity index is 1.66. The van der Waals surface area contributed by atoms with Gasteiger partial charge in [0.05, 0.1) is 16.4 Å². The fourth-order valence-electron chi connectivity index (χ4n) is 3.68. The topological polar surface area (TPSA) is 77.1 Å². The van der Waals surface area contributed by atoms with E-state index in [1.54, 1.807) is 18.3 Å². The molecule has 0 bridgehead atoms. The number of hydrogen-bond donors (Lipinski definition) is 0. The smallest absolute Gasteiger partial charge is 0.369 e. The summed E-state index contributed by atoms with van der Waals surface area (Å²) in [5, 5.41) is 16.1. The third kappa shape index (κ3) is 3.25. The number of pyridine rings is 1. The van der Waals surface area contributed by atoms with Crippen LogP contribution >= 0.6 is 0 Å². The highest BCUT2D eigenvalue weighted by Gasteiger charge is 2.34. The van der Waals surface area contributed by atoms with E-state index in [9.17, 15) is 23.3 Å². The Hall–Kier alpha value is -3.17. The van der Waals surface area contributed by atoms with Crippen LogP contribution in [0, 0.1) is 10.1 Å². The summed E-state index contributed by atoms with van der Waals surface area (Å²) in [5.74, 6) is 0. The van der Waals surface area contributed by atoms with Crippen LogP contribution in [0.1, 0.15) is 24.6 Å². The van der Waals surface area contributed by atoms with E-state index in [1.807, 2.05) is 4.90 Å². The van der Waals surface area contributed by atoms with Crippen molar-refractivity contribution in [3.05, 3.63) is 58.7 Å². The summed E-state index contributed by atoms with van der Waals surface area (Å²) in [6.07, 6.45) is 1.40. The highest BCUT2D eigenvalue weighted by atomic mass is 19.4. The first-order valence-corrected chi connectivity index (χ1v) is 8.73. The van der Waals surface area contributed by atoms with E-state index in [0.717, 1.165) is 18.2 Å². The molecule has 1 aliphatic rings. The highest BCUT2D eigenvalue weighted by Crippen LogP contribution is 2.36. The van der Waals surface area contributed by atoms with Crippen LogP contribution in [0.3, 0.4) is 0 Å². The van der Waals surface area contributed by atoms with Crippen molar-refractivity contribution < 1.29 is 18.1 Å². The van der Waals surface area contributed by atoms with E-state index in [-0.39, 0.29) is 11.7 Å². The summed E-state index contributed by atoms with van der Waals surface area (Å²) in [7, 11) is 0. The van der Waals surface area contributed by atoms with E-state index < -0.39 is 16.8 Å². The number of fused-ring (bicyclic) bond motifs is 1. The second-order valence-corrected chi connectivity index (χ2v) is 6.70. The van der Waals surface area contributed by atoms with Gasteiger partial charge in [-0.3, -0.25) is 19.8 Å². The van der Waals surface area contributed by atoms with Gasteiger partial charge >= 0.3 is 6.18 Å². The molecule has 1 aliphatic heterocycles. The monoisotopic (exact) mass is 391 g/mol. The molecule has 28 heavy (non-hydrogen) atoms. The van der Waals surface area contributed by atoms with Crippen molar-refractivity contribution in [3.8, 4) is 0 Å². The second-order valence-electron chi connectivity index (χ2n) is 6.70. The molecule has 3 aromatic rings. The van der Waals surface area contributed by atoms with Gasteiger partial charge in [-0.05, 0) is 31.0 Å². The highest BCUT2D eigenvalue weighted by molar-refractivity contribution is 5.99. The normalized spacial score (nSPS) is 17.8. The molecule has 3 heterocycles. The fourth-order valence-corrected chi connectivity index (χ4v) is 3.68. The Morgan fingerprint density at radius 2 is 2.00 bits per heavy atom. The lowest BCUT2D eigenvalue weighted by Gasteiger charge is -2.35. The number of nitrogens with zero attached hydrogens (tertiary/aromatic N) is 5. The van der Waals surface area contributed by atoms with Gasteiger partial charge in [-0.1, -0.05) is 0 Å². The van der Waals surface area contributed by atoms with E-state index in [4.69, 9.17) is 0 Å². The van der Waals surface area contributed by atoms with Crippen molar-refractivity contribution in [3.63, 3.8) is 0 Å². The molecule has 1 atom stereocenters. The van der Waals surface area contributed by atoms with Gasteiger partial charge in [0, 0.05) is 48.8 Å². The fraction of sp³-hybridized carbons (Fsp3) is 0.333. The van der Waals surface area contributed by atoms with E-state index in [1.165, 1.54) is 23.1 Å². The van der Waals surface area contributed by atoms with Crippen LogP contribution in [0.25, 0.3) is 10.8 Å². The van der Waals surface area contributed by atoms with Gasteiger partial charge in [0.1, 0.15) is 0 Å². The minimum absolute atomic E-state index is 0.0256. The number of hydrogen-bond acceptors (Lipinski definition) is 5. The molecule has 0 radical (unpaired) electrons. The predicted molar refractivity (Wildman–Crippen MR) is 96.1 cm³/mol. The van der Waals surface area contributed by atoms with Crippen molar-refractivity contribution in [2.45, 2.75) is 25.1 Å². The molecule has 0 spiro atoms. The summed E-state index contributed by atoms with van der Waals surface area (Å²) < 4.78 is 39.9. The average Bonchev–Trinajstić information content (AvgIpc) is 3.18. The lowest BCUT2D eigenvalue weighted by molar-refractivity contribution is -0.383. The number of rotatable bonds is 3. The summed E-state index contributed by atoms with van der Waals surface area (Å²) in [6.45, 7) is 1.17. The third-order valence-electron chi connectivity index (χ3n) is 4.98. The van der Waals surface area contributed by atoms with Crippen LogP contribution < -0.4 is 4.90 Å². The maximum absolute atomic E-state index is 12.8. The lowest BCUT2D eigenvalue weighted by atomic mass is 10.0. The van der Waals surface area contributed by atoms with E-state index in [2.05, 4.69) is 10.1 Å². The Kier molecular flexibility index (Phi) is 4.40. The third-order valence-corrected chi connectivity index (χ3v) is 4.98. The molecule has 1 aromatic carbocycles. The number of halogens is 3. The van der Waals surface area contributed by atoms with Crippen molar-refractivity contribution in [1.82, 2.24) is 14.8 Å². The Morgan fingerprint density at radius 1 is 1.18 bits per heavy atom. The summed E-state index contributed by atoms with van der Waals surface area (Å²) >= 11 is 0. The van der Waals surface area contributed by atoms with Crippen LogP contribution in [-0.4, -0.2) is 32.8 Å². The summed E-state index contributed by atoms with van der Waals surface area (Å²) in [5.41, 5.74) is -0.130. The van der Waals surface area contributed by atoms with Crippen molar-refractivity contribution in [2.24, 2.45) is 0 Å². The van der Waals surface area contributed by atoms with Crippen LogP contribution in [0.4, 0.5) is 24.5 Å². The van der Waals surface area contributed by atoms with E-state index >= 15 is 0 Å². The van der Waals surface area contributed by atoms with Gasteiger partial charge in [0.15, 0.2) is 5.69 Å². The van der Waals surface area contributed by atoms with E-state index in [0.29, 0.717) is 30.3 Å². The molecule has 10 heteroatoms. The molecular formula is C18H16F3N5O2. The lowest BCUT2D eigenvalue weighted by Crippen LogP contribution is -2.37. The summed E-state index contributed by atoms with van der Waals surface area (Å²) in [4.78, 5) is 16.9. The first-order chi connectivity index (χ1) is 13.3. The van der Waals surface area contributed by atoms with Crippen LogP contribution in [0.15, 0.2) is 42.9 Å². The zero-order chi connectivity index (χ0) is 19.9. The van der Waals surface area contributed by atoms with Crippen molar-refractivity contribution in [1.29, 1.82) is 0 Å². The quantitative estimate of drug-likeness (QED) is 0.494. The largest absolute Gasteiger partial charge is 0.435 e. The number of benzene rings is 1. The SMILES string of the molecule is O=[N+]([O-])c1ccc(N2CCCC(n3ccc(C(F)(F)F)n3)C2)c2ccncc12. The second kappa shape index (κ2) is 6.77. The number of aromatic nitrogens is 3. The van der Waals surface area contributed by atoms with Gasteiger partial charge in [0.2, 0.25) is 0 Å². The number of non-ortho nitro benzene ring substituents is 1. The van der Waals surface area contributed by atoms with Crippen LogP contribution in [0.2, 0.25) is 0 Å². The van der Waals surface area contributed by atoms with Crippen molar-refractivity contribution >= 4 is 22.1 Å². The molecule has 1 unspecified atom stereocenters. The van der Waals surface area contributed by atoms with Gasteiger partial charge in [-0.25, -0.2) is 0 Å². The Bertz CT molecular complexity index is 1030. The maximum Gasteiger partial charge on any atom is 0.435 e. The molecule has 1 fully saturated rings. The number of nitro benzene ring substituents is 1. The minimum atomic E-state index is -4.47. The Morgan fingerprint density at radius 3 is 2.71 bits per heavy atom. The van der Waals surface area contributed by atoms with Gasteiger partial charge in [0.25, 0.3) is 5.69 Å². The van der Waals surface area contributed by atoms with Crippen LogP contribution in [0.5, 0.6) is 0 Å². The molecule has 2 aromatic heterocycles. The molecule has 0 aliphatic carbocycles. The maximum atomic E-state index is 12.8. The predicted octanol–water partition coefficient (Wildman–Crippen LogP) is 4.20. The number of anilines is 1. The molecule has 146 valence electrons. The molecule has 0 N–H and O–H groups in total. The molecule has 4 rings (SSSR count). The first kappa shape index (κ1) is 18.2. The molecule has 1 saturated heterocycles.